The normalized spacial score (nSPS) is 11.2. The molecule has 0 fully saturated rings. The summed E-state index contributed by atoms with van der Waals surface area (Å²) in [5, 5.41) is 0. The van der Waals surface area contributed by atoms with Crippen LogP contribution in [0.3, 0.4) is 0 Å². The molecular weight excluding hydrogens is 474 g/mol. The summed E-state index contributed by atoms with van der Waals surface area (Å²) in [5.41, 5.74) is 5.76. The van der Waals surface area contributed by atoms with Gasteiger partial charge in [-0.3, -0.25) is 4.79 Å². The van der Waals surface area contributed by atoms with Crippen molar-refractivity contribution in [3.8, 4) is 0 Å². The van der Waals surface area contributed by atoms with Gasteiger partial charge in [0.15, 0.2) is 5.78 Å². The second kappa shape index (κ2) is 18.6. The molecule has 3 aromatic rings. The van der Waals surface area contributed by atoms with Gasteiger partial charge in [-0.25, -0.2) is 0 Å². The zero-order chi connectivity index (χ0) is 27.5. The lowest BCUT2D eigenvalue weighted by Crippen LogP contribution is -2.13. The van der Waals surface area contributed by atoms with Gasteiger partial charge in [-0.15, -0.1) is 0 Å². The van der Waals surface area contributed by atoms with Crippen LogP contribution < -0.4 is 0 Å². The molecular formula is C37H53NO. The van der Waals surface area contributed by atoms with Crippen LogP contribution in [0.15, 0.2) is 66.7 Å². The first-order chi connectivity index (χ1) is 19.2. The molecule has 1 heterocycles. The van der Waals surface area contributed by atoms with Gasteiger partial charge in [-0.2, -0.15) is 0 Å². The summed E-state index contributed by atoms with van der Waals surface area (Å²) < 4.78 is 2.25. The molecule has 0 saturated carbocycles. The van der Waals surface area contributed by atoms with Crippen molar-refractivity contribution in [2.24, 2.45) is 0 Å². The molecule has 2 nitrogen and oxygen atoms in total. The molecule has 2 heteroatoms. The summed E-state index contributed by atoms with van der Waals surface area (Å²) in [7, 11) is 0. The fraction of sp³-hybridized carbons (Fsp3) is 0.541. The first-order valence-corrected chi connectivity index (χ1v) is 16.0. The molecule has 0 aliphatic heterocycles. The van der Waals surface area contributed by atoms with Crippen molar-refractivity contribution in [3.63, 3.8) is 0 Å². The van der Waals surface area contributed by atoms with Gasteiger partial charge in [0.1, 0.15) is 0 Å². The van der Waals surface area contributed by atoms with E-state index >= 15 is 0 Å². The maximum absolute atomic E-state index is 13.6. The van der Waals surface area contributed by atoms with Crippen molar-refractivity contribution >= 4 is 5.78 Å². The highest BCUT2D eigenvalue weighted by molar-refractivity contribution is 5.96. The molecule has 0 aliphatic carbocycles. The number of rotatable bonds is 21. The van der Waals surface area contributed by atoms with Crippen LogP contribution in [0.1, 0.15) is 143 Å². The van der Waals surface area contributed by atoms with E-state index in [-0.39, 0.29) is 0 Å². The summed E-state index contributed by atoms with van der Waals surface area (Å²) in [6, 6.07) is 23.3. The Kier molecular flexibility index (Phi) is 14.8. The van der Waals surface area contributed by atoms with Crippen molar-refractivity contribution in [2.75, 3.05) is 0 Å². The van der Waals surface area contributed by atoms with E-state index < -0.39 is 0 Å². The average molecular weight is 528 g/mol. The van der Waals surface area contributed by atoms with E-state index in [1.54, 1.807) is 0 Å². The van der Waals surface area contributed by atoms with Crippen molar-refractivity contribution in [2.45, 2.75) is 130 Å². The Bertz CT molecular complexity index is 1050. The number of nitrogens with zero attached hydrogens (tertiary/aromatic N) is 1. The first kappa shape index (κ1) is 30.9. The van der Waals surface area contributed by atoms with Crippen LogP contribution in [0.5, 0.6) is 0 Å². The van der Waals surface area contributed by atoms with E-state index in [0.717, 1.165) is 31.5 Å². The fourth-order valence-electron chi connectivity index (χ4n) is 5.77. The van der Waals surface area contributed by atoms with Crippen LogP contribution in [-0.4, -0.2) is 10.4 Å². The predicted molar refractivity (Wildman–Crippen MR) is 168 cm³/mol. The van der Waals surface area contributed by atoms with Gasteiger partial charge in [0.05, 0.1) is 5.69 Å². The number of ketones is 1. The van der Waals surface area contributed by atoms with Crippen LogP contribution in [0.25, 0.3) is 0 Å². The molecule has 0 radical (unpaired) electrons. The molecule has 3 rings (SSSR count). The molecule has 0 unspecified atom stereocenters. The third-order valence-electron chi connectivity index (χ3n) is 8.08. The molecule has 0 saturated heterocycles. The predicted octanol–water partition coefficient (Wildman–Crippen LogP) is 10.9. The van der Waals surface area contributed by atoms with E-state index in [1.807, 2.05) is 0 Å². The Morgan fingerprint density at radius 3 is 1.59 bits per heavy atom. The van der Waals surface area contributed by atoms with Crippen LogP contribution in [0.4, 0.5) is 0 Å². The number of carbonyl (C=O) groups excluding carboxylic acids is 1. The highest BCUT2D eigenvalue weighted by atomic mass is 16.1. The summed E-state index contributed by atoms with van der Waals surface area (Å²) in [6.07, 6.45) is 21.6. The van der Waals surface area contributed by atoms with Gasteiger partial charge in [-0.05, 0) is 42.5 Å². The number of benzene rings is 2. The number of hydrogen-bond acceptors (Lipinski definition) is 1. The number of Topliss-reactive ketones (excluding diaryl/α,β-unsaturated/α-hetero) is 1. The zero-order valence-corrected chi connectivity index (χ0v) is 24.9. The number of aromatic nitrogens is 1. The standard InChI is InChI=1S/C37H53NO/c1-3-4-5-6-7-8-9-10-11-12-13-14-15-16-23-28-36(39)37-35(30-33-24-19-17-20-25-33)29-32(2)38(37)31-34-26-21-18-22-27-34/h17-22,24-27,29H,3-16,23,28,30-31H2,1-2H3. The van der Waals surface area contributed by atoms with Crippen LogP contribution in [-0.2, 0) is 13.0 Å². The van der Waals surface area contributed by atoms with Crippen molar-refractivity contribution in [3.05, 3.63) is 94.8 Å². The van der Waals surface area contributed by atoms with E-state index in [1.165, 1.54) is 106 Å². The van der Waals surface area contributed by atoms with E-state index in [0.29, 0.717) is 12.2 Å². The lowest BCUT2D eigenvalue weighted by molar-refractivity contribution is 0.0969. The first-order valence-electron chi connectivity index (χ1n) is 16.0. The maximum atomic E-state index is 13.6. The van der Waals surface area contributed by atoms with E-state index in [2.05, 4.69) is 85.1 Å². The number of unbranched alkanes of at least 4 members (excludes halogenated alkanes) is 14. The monoisotopic (exact) mass is 527 g/mol. The highest BCUT2D eigenvalue weighted by Crippen LogP contribution is 2.24. The third kappa shape index (κ3) is 11.6. The summed E-state index contributed by atoms with van der Waals surface area (Å²) in [5.74, 6) is 0.305. The Hall–Kier alpha value is -2.61. The molecule has 0 aliphatic rings. The minimum absolute atomic E-state index is 0.305. The SMILES string of the molecule is CCCCCCCCCCCCCCCCCC(=O)c1c(Cc2ccccc2)cc(C)n1Cc1ccccc1. The van der Waals surface area contributed by atoms with Crippen molar-refractivity contribution in [1.82, 2.24) is 4.57 Å². The second-order valence-corrected chi connectivity index (χ2v) is 11.5. The summed E-state index contributed by atoms with van der Waals surface area (Å²) >= 11 is 0. The van der Waals surface area contributed by atoms with Gasteiger partial charge in [-0.1, -0.05) is 157 Å². The smallest absolute Gasteiger partial charge is 0.179 e. The number of hydrogen-bond donors (Lipinski definition) is 0. The molecule has 0 N–H and O–H groups in total. The topological polar surface area (TPSA) is 22.0 Å². The van der Waals surface area contributed by atoms with Crippen LogP contribution in [0, 0.1) is 6.92 Å². The quantitative estimate of drug-likeness (QED) is 0.0997. The molecule has 0 atom stereocenters. The molecule has 39 heavy (non-hydrogen) atoms. The number of carbonyl (C=O) groups is 1. The minimum Gasteiger partial charge on any atom is -0.338 e. The van der Waals surface area contributed by atoms with E-state index in [4.69, 9.17) is 0 Å². The van der Waals surface area contributed by atoms with E-state index in [9.17, 15) is 4.79 Å². The third-order valence-corrected chi connectivity index (χ3v) is 8.08. The van der Waals surface area contributed by atoms with Gasteiger partial charge in [0, 0.05) is 18.7 Å². The maximum Gasteiger partial charge on any atom is 0.179 e. The second-order valence-electron chi connectivity index (χ2n) is 11.5. The largest absolute Gasteiger partial charge is 0.338 e. The average Bonchev–Trinajstić information content (AvgIpc) is 3.25. The zero-order valence-electron chi connectivity index (χ0n) is 24.9. The molecule has 0 spiro atoms. The van der Waals surface area contributed by atoms with Crippen LogP contribution in [0.2, 0.25) is 0 Å². The highest BCUT2D eigenvalue weighted by Gasteiger charge is 2.20. The lowest BCUT2D eigenvalue weighted by atomic mass is 10.00. The van der Waals surface area contributed by atoms with Gasteiger partial charge in [0.25, 0.3) is 0 Å². The van der Waals surface area contributed by atoms with Crippen molar-refractivity contribution in [1.29, 1.82) is 0 Å². The number of aryl methyl sites for hydroxylation is 1. The Balaban J connectivity index is 1.40. The van der Waals surface area contributed by atoms with Gasteiger partial charge < -0.3 is 4.57 Å². The van der Waals surface area contributed by atoms with Crippen LogP contribution >= 0.6 is 0 Å². The van der Waals surface area contributed by atoms with Gasteiger partial charge >= 0.3 is 0 Å². The minimum atomic E-state index is 0.305. The summed E-state index contributed by atoms with van der Waals surface area (Å²) in [6.45, 7) is 5.18. The fourth-order valence-corrected chi connectivity index (χ4v) is 5.77. The molecule has 0 bridgehead atoms. The Morgan fingerprint density at radius 2 is 1.08 bits per heavy atom. The van der Waals surface area contributed by atoms with Gasteiger partial charge in [0.2, 0.25) is 0 Å². The molecule has 0 amide bonds. The Morgan fingerprint density at radius 1 is 0.615 bits per heavy atom. The molecule has 2 aromatic carbocycles. The van der Waals surface area contributed by atoms with Crippen molar-refractivity contribution < 1.29 is 4.79 Å². The lowest BCUT2D eigenvalue weighted by Gasteiger charge is -2.13. The molecule has 1 aromatic heterocycles. The molecule has 212 valence electrons. The Labute approximate surface area is 239 Å². The summed E-state index contributed by atoms with van der Waals surface area (Å²) in [4.78, 5) is 13.6.